The van der Waals surface area contributed by atoms with Gasteiger partial charge in [0.2, 0.25) is 0 Å². The normalized spacial score (nSPS) is 23.7. The van der Waals surface area contributed by atoms with Crippen LogP contribution in [-0.4, -0.2) is 13.1 Å². The molecule has 152 valence electrons. The molecule has 0 radical (unpaired) electrons. The summed E-state index contributed by atoms with van der Waals surface area (Å²) in [6.07, 6.45) is 20.9. The summed E-state index contributed by atoms with van der Waals surface area (Å²) in [5.41, 5.74) is 2.72. The molecule has 2 atom stereocenters. The Morgan fingerprint density at radius 1 is 0.962 bits per heavy atom. The van der Waals surface area contributed by atoms with Gasteiger partial charge in [-0.2, -0.15) is 7.05 Å². The van der Waals surface area contributed by atoms with Gasteiger partial charge in [0.25, 0.3) is 0 Å². The SMILES string of the molecule is C1CCCC1.C1CCCC1.C=C(C)[C@H]1CC=C(C)[C@H]([N-]C)C1.CCC.[Zr]. The fourth-order valence-electron chi connectivity index (χ4n) is 3.49. The average molecular weight is 440 g/mol. The monoisotopic (exact) mass is 438 g/mol. The maximum absolute atomic E-state index is 4.35. The molecule has 3 rings (SSSR count). The van der Waals surface area contributed by atoms with E-state index in [2.05, 4.69) is 45.7 Å². The minimum absolute atomic E-state index is 0. The van der Waals surface area contributed by atoms with Crippen molar-refractivity contribution < 1.29 is 26.2 Å². The molecule has 2 heteroatoms. The molecule has 0 aromatic carbocycles. The van der Waals surface area contributed by atoms with Gasteiger partial charge >= 0.3 is 0 Å². The molecule has 0 aromatic rings. The van der Waals surface area contributed by atoms with Crippen LogP contribution in [0.25, 0.3) is 5.32 Å². The van der Waals surface area contributed by atoms with Crippen LogP contribution < -0.4 is 0 Å². The van der Waals surface area contributed by atoms with Crippen molar-refractivity contribution in [2.24, 2.45) is 5.92 Å². The zero-order valence-corrected chi connectivity index (χ0v) is 21.0. The van der Waals surface area contributed by atoms with Gasteiger partial charge in [0.05, 0.1) is 0 Å². The van der Waals surface area contributed by atoms with Gasteiger partial charge in [-0.1, -0.05) is 115 Å². The molecular weight excluding hydrogens is 393 g/mol. The van der Waals surface area contributed by atoms with E-state index in [-0.39, 0.29) is 26.2 Å². The molecule has 0 spiro atoms. The van der Waals surface area contributed by atoms with Crippen LogP contribution in [0.1, 0.15) is 111 Å². The molecule has 2 fully saturated rings. The van der Waals surface area contributed by atoms with Crippen LogP contribution in [0.3, 0.4) is 0 Å². The topological polar surface area (TPSA) is 14.1 Å². The Morgan fingerprint density at radius 2 is 1.31 bits per heavy atom. The van der Waals surface area contributed by atoms with Crippen LogP contribution in [-0.2, 0) is 26.2 Å². The quantitative estimate of drug-likeness (QED) is 0.382. The van der Waals surface area contributed by atoms with Crippen LogP contribution >= 0.6 is 0 Å². The second-order valence-electron chi connectivity index (χ2n) is 7.98. The van der Waals surface area contributed by atoms with Crippen LogP contribution in [0.4, 0.5) is 0 Å². The number of hydrogen-bond acceptors (Lipinski definition) is 0. The summed E-state index contributed by atoms with van der Waals surface area (Å²) >= 11 is 0. The van der Waals surface area contributed by atoms with Crippen molar-refractivity contribution in [3.63, 3.8) is 0 Å². The second kappa shape index (κ2) is 20.1. The van der Waals surface area contributed by atoms with Crippen LogP contribution in [0.2, 0.25) is 0 Å². The minimum Gasteiger partial charge on any atom is -0.659 e. The summed E-state index contributed by atoms with van der Waals surface area (Å²) in [7, 11) is 1.91. The summed E-state index contributed by atoms with van der Waals surface area (Å²) in [4.78, 5) is 0. The van der Waals surface area contributed by atoms with Crippen molar-refractivity contribution in [3.05, 3.63) is 29.1 Å². The summed E-state index contributed by atoms with van der Waals surface area (Å²) < 4.78 is 0. The number of hydrogen-bond donors (Lipinski definition) is 0. The molecule has 0 saturated heterocycles. The van der Waals surface area contributed by atoms with E-state index in [0.29, 0.717) is 12.0 Å². The number of allylic oxidation sites excluding steroid dienone is 2. The van der Waals surface area contributed by atoms with Gasteiger partial charge in [0.15, 0.2) is 0 Å². The zero-order valence-electron chi connectivity index (χ0n) is 18.6. The molecule has 0 unspecified atom stereocenters. The molecule has 0 aromatic heterocycles. The van der Waals surface area contributed by atoms with Gasteiger partial charge in [-0.3, -0.25) is 0 Å². The number of nitrogens with zero attached hydrogens (tertiary/aromatic N) is 1. The molecule has 1 nitrogen and oxygen atoms in total. The predicted molar refractivity (Wildman–Crippen MR) is 117 cm³/mol. The van der Waals surface area contributed by atoms with Gasteiger partial charge in [0, 0.05) is 26.2 Å². The maximum atomic E-state index is 4.35. The first-order valence-electron chi connectivity index (χ1n) is 11.0. The first kappa shape index (κ1) is 28.5. The molecule has 0 N–H and O–H groups in total. The fraction of sp³-hybridized carbons (Fsp3) is 0.833. The Balaban J connectivity index is 0. The van der Waals surface area contributed by atoms with Crippen LogP contribution in [0.15, 0.2) is 23.8 Å². The van der Waals surface area contributed by atoms with E-state index in [0.717, 1.165) is 12.8 Å². The van der Waals surface area contributed by atoms with E-state index in [1.165, 1.54) is 81.8 Å². The van der Waals surface area contributed by atoms with Crippen molar-refractivity contribution in [1.29, 1.82) is 0 Å². The first-order chi connectivity index (χ1) is 12.1. The Kier molecular flexibility index (Phi) is 22.0. The Morgan fingerprint density at radius 3 is 1.58 bits per heavy atom. The fourth-order valence-corrected chi connectivity index (χ4v) is 3.49. The van der Waals surface area contributed by atoms with Gasteiger partial charge in [0.1, 0.15) is 0 Å². The molecule has 3 aliphatic rings. The van der Waals surface area contributed by atoms with E-state index < -0.39 is 0 Å². The van der Waals surface area contributed by atoms with E-state index in [1.54, 1.807) is 0 Å². The van der Waals surface area contributed by atoms with Gasteiger partial charge in [-0.25, -0.2) is 0 Å². The Hall–Kier alpha value is 0.323. The molecule has 0 heterocycles. The third kappa shape index (κ3) is 15.4. The maximum Gasteiger partial charge on any atom is 0 e. The smallest absolute Gasteiger partial charge is 0 e. The summed E-state index contributed by atoms with van der Waals surface area (Å²) in [6.45, 7) is 12.5. The summed E-state index contributed by atoms with van der Waals surface area (Å²) in [5.74, 6) is 0.655. The molecule has 3 aliphatic carbocycles. The van der Waals surface area contributed by atoms with E-state index in [9.17, 15) is 0 Å². The largest absolute Gasteiger partial charge is 0.659 e. The van der Waals surface area contributed by atoms with Crippen molar-refractivity contribution in [2.75, 3.05) is 7.05 Å². The van der Waals surface area contributed by atoms with Crippen molar-refractivity contribution >= 4 is 0 Å². The van der Waals surface area contributed by atoms with Crippen molar-refractivity contribution in [1.82, 2.24) is 0 Å². The minimum atomic E-state index is 0. The third-order valence-electron chi connectivity index (χ3n) is 5.27. The molecule has 0 bridgehead atoms. The zero-order chi connectivity index (χ0) is 18.9. The molecule has 26 heavy (non-hydrogen) atoms. The third-order valence-corrected chi connectivity index (χ3v) is 5.27. The van der Waals surface area contributed by atoms with Gasteiger partial charge in [-0.15, -0.1) is 6.04 Å². The Labute approximate surface area is 185 Å². The predicted octanol–water partition coefficient (Wildman–Crippen LogP) is 8.61. The van der Waals surface area contributed by atoms with Crippen LogP contribution in [0, 0.1) is 5.92 Å². The van der Waals surface area contributed by atoms with E-state index in [1.807, 2.05) is 7.05 Å². The molecule has 0 amide bonds. The van der Waals surface area contributed by atoms with Gasteiger partial charge in [-0.05, 0) is 26.2 Å². The van der Waals surface area contributed by atoms with E-state index >= 15 is 0 Å². The standard InChI is InChI=1S/C11H18N.2C5H10.C3H8.Zr/c1-8(2)10-6-5-9(3)11(7-10)12-4;2*1-2-4-5-3-1;1-3-2;/h5,10-11H,1,6-7H2,2-4H3;2*1-5H2;3H2,1-2H3;/q-1;;;;/t10-,11+;;;;/m0..../s1. The average Bonchev–Trinajstić information content (AvgIpc) is 3.34. The molecule has 2 saturated carbocycles. The van der Waals surface area contributed by atoms with Gasteiger partial charge < -0.3 is 5.32 Å². The summed E-state index contributed by atoms with van der Waals surface area (Å²) in [6, 6.07) is 0.445. The van der Waals surface area contributed by atoms with Crippen molar-refractivity contribution in [2.45, 2.75) is 117 Å². The first-order valence-corrected chi connectivity index (χ1v) is 11.0. The molecule has 0 aliphatic heterocycles. The summed E-state index contributed by atoms with van der Waals surface area (Å²) in [5, 5.41) is 4.35. The number of likely N-dealkylation sites (N-methyl/N-ethyl adjacent to an activating group) is 1. The van der Waals surface area contributed by atoms with E-state index in [4.69, 9.17) is 0 Å². The van der Waals surface area contributed by atoms with Crippen LogP contribution in [0.5, 0.6) is 0 Å². The second-order valence-corrected chi connectivity index (χ2v) is 7.98. The molecular formula is C24H46NZr-. The Bertz CT molecular complexity index is 315. The van der Waals surface area contributed by atoms with Crippen molar-refractivity contribution in [3.8, 4) is 0 Å². The number of rotatable bonds is 2.